The first kappa shape index (κ1) is 19.4. The van der Waals surface area contributed by atoms with Crippen molar-refractivity contribution in [2.24, 2.45) is 7.05 Å². The van der Waals surface area contributed by atoms with Gasteiger partial charge in [0.05, 0.1) is 17.2 Å². The molecule has 1 aromatic heterocycles. The van der Waals surface area contributed by atoms with E-state index in [1.165, 1.54) is 10.9 Å². The van der Waals surface area contributed by atoms with Gasteiger partial charge in [-0.15, -0.1) is 0 Å². The molecule has 0 aliphatic rings. The van der Waals surface area contributed by atoms with E-state index in [9.17, 15) is 9.59 Å². The summed E-state index contributed by atoms with van der Waals surface area (Å²) in [4.78, 5) is 31.2. The quantitative estimate of drug-likeness (QED) is 0.593. The molecule has 0 bridgehead atoms. The largest absolute Gasteiger partial charge is 0.490 e. The van der Waals surface area contributed by atoms with Gasteiger partial charge < -0.3 is 14.2 Å². The van der Waals surface area contributed by atoms with Crippen LogP contribution in [0.3, 0.4) is 0 Å². The van der Waals surface area contributed by atoms with Gasteiger partial charge in [-0.1, -0.05) is 24.8 Å². The highest BCUT2D eigenvalue weighted by Gasteiger charge is 2.16. The summed E-state index contributed by atoms with van der Waals surface area (Å²) in [6.07, 6.45) is 3.15. The maximum absolute atomic E-state index is 13.0. The molecule has 0 N–H and O–H groups in total. The maximum atomic E-state index is 13.0. The van der Waals surface area contributed by atoms with Gasteiger partial charge >= 0.3 is 0 Å². The third kappa shape index (κ3) is 4.11. The van der Waals surface area contributed by atoms with Crippen LogP contribution in [0.5, 0.6) is 5.75 Å². The number of nitrogens with zero attached hydrogens (tertiary/aromatic N) is 3. The molecule has 2 aromatic carbocycles. The molecule has 3 aromatic rings. The lowest BCUT2D eigenvalue weighted by molar-refractivity contribution is 0.0752. The lowest BCUT2D eigenvalue weighted by atomic mass is 10.1. The predicted octanol–water partition coefficient (Wildman–Crippen LogP) is 3.16. The number of carbonyl (C=O) groups is 1. The van der Waals surface area contributed by atoms with Crippen molar-refractivity contribution in [2.75, 3.05) is 13.2 Å². The average Bonchev–Trinajstić information content (AvgIpc) is 2.72. The molecular formula is C22H23N3O3. The second-order valence-corrected chi connectivity index (χ2v) is 6.46. The van der Waals surface area contributed by atoms with Crippen molar-refractivity contribution in [3.05, 3.63) is 82.9 Å². The number of hydrogen-bond acceptors (Lipinski definition) is 4. The molecule has 0 radical (unpaired) electrons. The van der Waals surface area contributed by atoms with E-state index < -0.39 is 0 Å². The number of hydrogen-bond donors (Lipinski definition) is 0. The summed E-state index contributed by atoms with van der Waals surface area (Å²) in [5.41, 5.74) is 1.87. The van der Waals surface area contributed by atoms with Crippen molar-refractivity contribution in [3.63, 3.8) is 0 Å². The van der Waals surface area contributed by atoms with Crippen molar-refractivity contribution < 1.29 is 9.53 Å². The van der Waals surface area contributed by atoms with Crippen molar-refractivity contribution >= 4 is 16.8 Å². The number of carbonyl (C=O) groups excluding carboxylic acids is 1. The maximum Gasteiger partial charge on any atom is 0.260 e. The Kier molecular flexibility index (Phi) is 5.89. The van der Waals surface area contributed by atoms with Crippen LogP contribution in [0.25, 0.3) is 10.9 Å². The van der Waals surface area contributed by atoms with Gasteiger partial charge in [-0.2, -0.15) is 0 Å². The molecule has 0 atom stereocenters. The van der Waals surface area contributed by atoms with Gasteiger partial charge in [0.2, 0.25) is 0 Å². The van der Waals surface area contributed by atoms with E-state index in [2.05, 4.69) is 11.6 Å². The molecule has 0 fully saturated rings. The van der Waals surface area contributed by atoms with E-state index >= 15 is 0 Å². The highest BCUT2D eigenvalue weighted by Crippen LogP contribution is 2.17. The molecule has 3 rings (SSSR count). The van der Waals surface area contributed by atoms with Crippen molar-refractivity contribution in [2.45, 2.75) is 13.5 Å². The summed E-state index contributed by atoms with van der Waals surface area (Å²) < 4.78 is 6.98. The lowest BCUT2D eigenvalue weighted by Crippen LogP contribution is -2.30. The van der Waals surface area contributed by atoms with Crippen LogP contribution in [0.4, 0.5) is 0 Å². The summed E-state index contributed by atoms with van der Waals surface area (Å²) in [5.74, 6) is 0.635. The Morgan fingerprint density at radius 2 is 2.11 bits per heavy atom. The summed E-state index contributed by atoms with van der Waals surface area (Å²) in [6, 6.07) is 12.7. The normalized spacial score (nSPS) is 10.6. The number of fused-ring (bicyclic) bond motifs is 1. The average molecular weight is 377 g/mol. The van der Waals surface area contributed by atoms with Crippen LogP contribution in [0.2, 0.25) is 0 Å². The van der Waals surface area contributed by atoms with Crippen LogP contribution in [0.1, 0.15) is 22.8 Å². The van der Waals surface area contributed by atoms with Gasteiger partial charge in [0, 0.05) is 25.7 Å². The molecule has 6 nitrogen and oxygen atoms in total. The summed E-state index contributed by atoms with van der Waals surface area (Å²) in [6.45, 7) is 7.03. The second kappa shape index (κ2) is 8.52. The molecule has 0 spiro atoms. The van der Waals surface area contributed by atoms with Crippen molar-refractivity contribution in [1.82, 2.24) is 14.5 Å². The number of amides is 1. The van der Waals surface area contributed by atoms with E-state index in [1.807, 2.05) is 31.2 Å². The zero-order valence-corrected chi connectivity index (χ0v) is 16.1. The Hall–Kier alpha value is -3.41. The zero-order chi connectivity index (χ0) is 20.1. The zero-order valence-electron chi connectivity index (χ0n) is 16.1. The van der Waals surface area contributed by atoms with Gasteiger partial charge in [0.25, 0.3) is 11.5 Å². The Bertz CT molecular complexity index is 1070. The van der Waals surface area contributed by atoms with Gasteiger partial charge in [0.1, 0.15) is 12.4 Å². The highest BCUT2D eigenvalue weighted by molar-refractivity contribution is 5.97. The van der Waals surface area contributed by atoms with Crippen LogP contribution >= 0.6 is 0 Å². The number of ether oxygens (including phenoxy) is 1. The van der Waals surface area contributed by atoms with Crippen molar-refractivity contribution in [3.8, 4) is 5.75 Å². The van der Waals surface area contributed by atoms with E-state index in [1.54, 1.807) is 36.2 Å². The Balaban J connectivity index is 1.83. The second-order valence-electron chi connectivity index (χ2n) is 6.46. The topological polar surface area (TPSA) is 64.4 Å². The van der Waals surface area contributed by atoms with Gasteiger partial charge in [0.15, 0.2) is 0 Å². The monoisotopic (exact) mass is 377 g/mol. The van der Waals surface area contributed by atoms with Crippen LogP contribution < -0.4 is 10.3 Å². The number of aromatic nitrogens is 2. The van der Waals surface area contributed by atoms with Gasteiger partial charge in [-0.05, 0) is 42.8 Å². The number of rotatable bonds is 7. The number of aryl methyl sites for hydroxylation is 1. The molecule has 0 unspecified atom stereocenters. The fourth-order valence-corrected chi connectivity index (χ4v) is 2.96. The van der Waals surface area contributed by atoms with Gasteiger partial charge in [-0.25, -0.2) is 4.98 Å². The predicted molar refractivity (Wildman–Crippen MR) is 110 cm³/mol. The van der Waals surface area contributed by atoms with Gasteiger partial charge in [-0.3, -0.25) is 9.59 Å². The Morgan fingerprint density at radius 1 is 1.29 bits per heavy atom. The highest BCUT2D eigenvalue weighted by atomic mass is 16.5. The van der Waals surface area contributed by atoms with E-state index in [4.69, 9.17) is 4.74 Å². The fraction of sp³-hybridized carbons (Fsp3) is 0.227. The fourth-order valence-electron chi connectivity index (χ4n) is 2.96. The summed E-state index contributed by atoms with van der Waals surface area (Å²) in [7, 11) is 1.65. The minimum Gasteiger partial charge on any atom is -0.490 e. The van der Waals surface area contributed by atoms with Crippen molar-refractivity contribution in [1.29, 1.82) is 0 Å². The van der Waals surface area contributed by atoms with Crippen LogP contribution in [-0.4, -0.2) is 33.5 Å². The molecule has 6 heteroatoms. The molecule has 0 saturated carbocycles. The van der Waals surface area contributed by atoms with Crippen LogP contribution in [0.15, 0.2) is 66.2 Å². The number of benzene rings is 2. The Morgan fingerprint density at radius 3 is 2.86 bits per heavy atom. The lowest BCUT2D eigenvalue weighted by Gasteiger charge is -2.21. The first-order valence-electron chi connectivity index (χ1n) is 9.10. The minimum atomic E-state index is -0.132. The standard InChI is InChI=1S/C22H23N3O3/c1-4-11-28-18-8-6-7-16(12-18)14-25(5-2)21(26)17-9-10-19-20(13-17)23-15-24(3)22(19)27/h4,6-10,12-13,15H,1,5,11,14H2,2-3H3. The van der Waals surface area contributed by atoms with E-state index in [-0.39, 0.29) is 11.5 Å². The van der Waals surface area contributed by atoms with E-state index in [0.717, 1.165) is 11.3 Å². The molecule has 1 amide bonds. The Labute approximate surface area is 163 Å². The SMILES string of the molecule is C=CCOc1cccc(CN(CC)C(=O)c2ccc3c(=O)n(C)cnc3c2)c1. The third-order valence-corrected chi connectivity index (χ3v) is 4.47. The molecule has 28 heavy (non-hydrogen) atoms. The molecule has 0 aliphatic carbocycles. The van der Waals surface area contributed by atoms with Crippen LogP contribution in [0, 0.1) is 0 Å². The first-order chi connectivity index (χ1) is 13.5. The third-order valence-electron chi connectivity index (χ3n) is 4.47. The molecule has 0 aliphatic heterocycles. The molecule has 144 valence electrons. The minimum absolute atomic E-state index is 0.107. The van der Waals surface area contributed by atoms with E-state index in [0.29, 0.717) is 36.2 Å². The summed E-state index contributed by atoms with van der Waals surface area (Å²) >= 11 is 0. The molecule has 0 saturated heterocycles. The summed E-state index contributed by atoms with van der Waals surface area (Å²) in [5, 5.41) is 0.497. The smallest absolute Gasteiger partial charge is 0.260 e. The first-order valence-corrected chi connectivity index (χ1v) is 9.10. The molecule has 1 heterocycles. The molecular weight excluding hydrogens is 354 g/mol. The van der Waals surface area contributed by atoms with Crippen LogP contribution in [-0.2, 0) is 13.6 Å².